The fourth-order valence-corrected chi connectivity index (χ4v) is 3.23. The van der Waals surface area contributed by atoms with E-state index in [9.17, 15) is 9.59 Å². The maximum Gasteiger partial charge on any atom is 0.343 e. The van der Waals surface area contributed by atoms with Crippen molar-refractivity contribution in [3.63, 3.8) is 0 Å². The zero-order valence-electron chi connectivity index (χ0n) is 18.0. The van der Waals surface area contributed by atoms with E-state index in [0.717, 1.165) is 36.8 Å². The second kappa shape index (κ2) is 11.5. The van der Waals surface area contributed by atoms with Crippen molar-refractivity contribution >= 4 is 11.9 Å². The Morgan fingerprint density at radius 1 is 0.656 bits per heavy atom. The van der Waals surface area contributed by atoms with Gasteiger partial charge in [-0.3, -0.25) is 0 Å². The Bertz CT molecular complexity index is 1030. The maximum absolute atomic E-state index is 12.7. The minimum absolute atomic E-state index is 0.276. The number of hydrogen-bond acceptors (Lipinski definition) is 4. The number of rotatable bonds is 10. The van der Waals surface area contributed by atoms with E-state index < -0.39 is 11.9 Å². The van der Waals surface area contributed by atoms with Crippen LogP contribution >= 0.6 is 0 Å². The summed E-state index contributed by atoms with van der Waals surface area (Å²) in [7, 11) is 0. The summed E-state index contributed by atoms with van der Waals surface area (Å²) in [4.78, 5) is 25.5. The molecular weight excluding hydrogens is 400 g/mol. The molecule has 4 nitrogen and oxygen atoms in total. The number of hydrogen-bond donors (Lipinski definition) is 0. The third-order valence-electron chi connectivity index (χ3n) is 4.92. The minimum atomic E-state index is -0.530. The summed E-state index contributed by atoms with van der Waals surface area (Å²) in [6, 6.07) is 21.2. The number of benzene rings is 3. The second-order valence-corrected chi connectivity index (χ2v) is 7.23. The fourth-order valence-electron chi connectivity index (χ4n) is 3.23. The number of ether oxygens (including phenoxy) is 2. The van der Waals surface area contributed by atoms with Crippen LogP contribution in [0.5, 0.6) is 11.5 Å². The molecule has 0 aliphatic carbocycles. The lowest BCUT2D eigenvalue weighted by molar-refractivity contribution is 0.0733. The summed E-state index contributed by atoms with van der Waals surface area (Å²) in [5.74, 6) is -0.0545. The van der Waals surface area contributed by atoms with E-state index in [1.54, 1.807) is 30.3 Å². The monoisotopic (exact) mass is 426 g/mol. The molecule has 0 aromatic heterocycles. The van der Waals surface area contributed by atoms with Crippen molar-refractivity contribution in [1.29, 1.82) is 0 Å². The summed E-state index contributed by atoms with van der Waals surface area (Å²) in [6.07, 6.45) is 6.66. The average molecular weight is 427 g/mol. The number of aryl methyl sites for hydroxylation is 2. The summed E-state index contributed by atoms with van der Waals surface area (Å²) in [5, 5.41) is 0. The van der Waals surface area contributed by atoms with E-state index in [2.05, 4.69) is 13.2 Å². The Kier molecular flexibility index (Phi) is 8.15. The van der Waals surface area contributed by atoms with Crippen LogP contribution in [-0.2, 0) is 12.8 Å². The Morgan fingerprint density at radius 3 is 1.53 bits per heavy atom. The van der Waals surface area contributed by atoms with Gasteiger partial charge in [0.05, 0.1) is 11.1 Å². The SMILES string of the molecule is C=CCCc1ccccc1OC(=O)c1cccc(C(=O)Oc2ccccc2CCC=C)c1. The smallest absolute Gasteiger partial charge is 0.343 e. The molecule has 0 heterocycles. The molecule has 4 heteroatoms. The van der Waals surface area contributed by atoms with Crippen LogP contribution in [0.1, 0.15) is 44.7 Å². The lowest BCUT2D eigenvalue weighted by atomic mass is 10.1. The van der Waals surface area contributed by atoms with Gasteiger partial charge in [0.1, 0.15) is 11.5 Å². The van der Waals surface area contributed by atoms with Crippen LogP contribution in [0.2, 0.25) is 0 Å². The van der Waals surface area contributed by atoms with Gasteiger partial charge in [-0.2, -0.15) is 0 Å². The number of allylic oxidation sites excluding steroid dienone is 2. The molecule has 0 aliphatic rings. The van der Waals surface area contributed by atoms with E-state index >= 15 is 0 Å². The van der Waals surface area contributed by atoms with Gasteiger partial charge in [-0.25, -0.2) is 9.59 Å². The zero-order chi connectivity index (χ0) is 22.8. The lowest BCUT2D eigenvalue weighted by Gasteiger charge is -2.11. The van der Waals surface area contributed by atoms with Crippen molar-refractivity contribution in [2.75, 3.05) is 0 Å². The van der Waals surface area contributed by atoms with Gasteiger partial charge in [0.2, 0.25) is 0 Å². The van der Waals surface area contributed by atoms with Gasteiger partial charge in [0.15, 0.2) is 0 Å². The maximum atomic E-state index is 12.7. The fraction of sp³-hybridized carbons (Fsp3) is 0.143. The normalized spacial score (nSPS) is 10.2. The third-order valence-corrected chi connectivity index (χ3v) is 4.92. The topological polar surface area (TPSA) is 52.6 Å². The van der Waals surface area contributed by atoms with Gasteiger partial charge in [0, 0.05) is 0 Å². The van der Waals surface area contributed by atoms with Crippen molar-refractivity contribution in [2.24, 2.45) is 0 Å². The second-order valence-electron chi connectivity index (χ2n) is 7.23. The molecule has 162 valence electrons. The Balaban J connectivity index is 1.74. The molecule has 0 spiro atoms. The predicted octanol–water partition coefficient (Wildman–Crippen LogP) is 6.36. The largest absolute Gasteiger partial charge is 0.423 e. The zero-order valence-corrected chi connectivity index (χ0v) is 18.0. The highest BCUT2D eigenvalue weighted by molar-refractivity contribution is 5.96. The molecule has 0 N–H and O–H groups in total. The molecule has 0 radical (unpaired) electrons. The molecule has 0 aliphatic heterocycles. The Labute approximate surface area is 188 Å². The lowest BCUT2D eigenvalue weighted by Crippen LogP contribution is -2.13. The van der Waals surface area contributed by atoms with Crippen molar-refractivity contribution in [2.45, 2.75) is 25.7 Å². The highest BCUT2D eigenvalue weighted by Crippen LogP contribution is 2.23. The quantitative estimate of drug-likeness (QED) is 0.215. The third kappa shape index (κ3) is 6.05. The minimum Gasteiger partial charge on any atom is -0.423 e. The molecule has 0 unspecified atom stereocenters. The number of esters is 2. The van der Waals surface area contributed by atoms with E-state index in [1.807, 2.05) is 48.6 Å². The van der Waals surface area contributed by atoms with Gasteiger partial charge in [0.25, 0.3) is 0 Å². The summed E-state index contributed by atoms with van der Waals surface area (Å²) >= 11 is 0. The highest BCUT2D eigenvalue weighted by Gasteiger charge is 2.16. The van der Waals surface area contributed by atoms with E-state index in [4.69, 9.17) is 9.47 Å². The van der Waals surface area contributed by atoms with Gasteiger partial charge in [-0.1, -0.05) is 54.6 Å². The predicted molar refractivity (Wildman–Crippen MR) is 126 cm³/mol. The van der Waals surface area contributed by atoms with Crippen LogP contribution in [0.3, 0.4) is 0 Å². The van der Waals surface area contributed by atoms with Crippen LogP contribution in [-0.4, -0.2) is 11.9 Å². The molecule has 0 bridgehead atoms. The first kappa shape index (κ1) is 22.8. The van der Waals surface area contributed by atoms with Gasteiger partial charge in [-0.15, -0.1) is 13.2 Å². The van der Waals surface area contributed by atoms with Crippen LogP contribution in [0, 0.1) is 0 Å². The van der Waals surface area contributed by atoms with Crippen LogP contribution < -0.4 is 9.47 Å². The van der Waals surface area contributed by atoms with Crippen molar-refractivity contribution < 1.29 is 19.1 Å². The summed E-state index contributed by atoms with van der Waals surface area (Å²) < 4.78 is 11.2. The Morgan fingerprint density at radius 2 is 1.09 bits per heavy atom. The van der Waals surface area contributed by atoms with Crippen molar-refractivity contribution in [3.05, 3.63) is 120 Å². The summed E-state index contributed by atoms with van der Waals surface area (Å²) in [6.45, 7) is 7.47. The van der Waals surface area contributed by atoms with Crippen molar-refractivity contribution in [1.82, 2.24) is 0 Å². The number of carbonyl (C=O) groups excluding carboxylic acids is 2. The molecule has 0 atom stereocenters. The standard InChI is InChI=1S/C28H26O4/c1-3-5-12-21-14-7-9-18-25(21)31-27(29)23-16-11-17-24(20-23)28(30)32-26-19-10-8-15-22(26)13-6-4-2/h3-4,7-11,14-20H,1-2,5-6,12-13H2. The van der Waals surface area contributed by atoms with E-state index in [1.165, 1.54) is 6.07 Å². The molecular formula is C28H26O4. The van der Waals surface area contributed by atoms with Gasteiger partial charge >= 0.3 is 11.9 Å². The van der Waals surface area contributed by atoms with Crippen molar-refractivity contribution in [3.8, 4) is 11.5 Å². The number of carbonyl (C=O) groups is 2. The first-order chi connectivity index (χ1) is 15.6. The summed E-state index contributed by atoms with van der Waals surface area (Å²) in [5.41, 5.74) is 2.40. The molecule has 0 saturated heterocycles. The van der Waals surface area contributed by atoms with Crippen LogP contribution in [0.4, 0.5) is 0 Å². The molecule has 32 heavy (non-hydrogen) atoms. The average Bonchev–Trinajstić information content (AvgIpc) is 2.83. The molecule has 0 amide bonds. The van der Waals surface area contributed by atoms with Crippen LogP contribution in [0.15, 0.2) is 98.1 Å². The van der Waals surface area contributed by atoms with Gasteiger partial charge in [-0.05, 0) is 67.1 Å². The molecule has 3 aromatic rings. The Hall–Kier alpha value is -3.92. The molecule has 3 rings (SSSR count). The highest BCUT2D eigenvalue weighted by atomic mass is 16.5. The molecule has 3 aromatic carbocycles. The number of para-hydroxylation sites is 2. The first-order valence-corrected chi connectivity index (χ1v) is 10.5. The molecule has 0 saturated carbocycles. The van der Waals surface area contributed by atoms with E-state index in [0.29, 0.717) is 11.5 Å². The molecule has 0 fully saturated rings. The van der Waals surface area contributed by atoms with Gasteiger partial charge < -0.3 is 9.47 Å². The first-order valence-electron chi connectivity index (χ1n) is 10.5. The van der Waals surface area contributed by atoms with Crippen LogP contribution in [0.25, 0.3) is 0 Å². The van der Waals surface area contributed by atoms with E-state index in [-0.39, 0.29) is 11.1 Å².